The molecule has 0 saturated heterocycles. The van der Waals surface area contributed by atoms with Crippen molar-refractivity contribution in [1.82, 2.24) is 0 Å². The van der Waals surface area contributed by atoms with Crippen LogP contribution < -0.4 is 0 Å². The molecule has 3 rings (SSSR count). The maximum Gasteiger partial charge on any atom is 0.338 e. The summed E-state index contributed by atoms with van der Waals surface area (Å²) in [5, 5.41) is 24.7. The highest BCUT2D eigenvalue weighted by atomic mass is 16.6. The minimum atomic E-state index is -2.55. The van der Waals surface area contributed by atoms with Crippen LogP contribution in [-0.4, -0.2) is 87.6 Å². The second-order valence-corrected chi connectivity index (χ2v) is 14.2. The summed E-state index contributed by atoms with van der Waals surface area (Å²) in [6.07, 6.45) is -6.25. The summed E-state index contributed by atoms with van der Waals surface area (Å²) in [6.45, 7) is 16.5. The van der Waals surface area contributed by atoms with Crippen LogP contribution in [0.15, 0.2) is 54.6 Å². The smallest absolute Gasteiger partial charge is 0.338 e. The number of hydrogen-bond acceptors (Lipinski definition) is 13. The number of esters is 5. The number of ketones is 1. The van der Waals surface area contributed by atoms with Gasteiger partial charge in [0.15, 0.2) is 18.0 Å². The molecule has 1 saturated carbocycles. The highest BCUT2D eigenvalue weighted by molar-refractivity contribution is 5.92. The van der Waals surface area contributed by atoms with Gasteiger partial charge in [-0.1, -0.05) is 71.5 Å². The Labute approximate surface area is 291 Å². The highest BCUT2D eigenvalue weighted by Gasteiger charge is 2.69. The molecule has 2 N–H and O–H groups in total. The van der Waals surface area contributed by atoms with Gasteiger partial charge in [-0.05, 0) is 19.1 Å². The Balaban J connectivity index is 2.47. The van der Waals surface area contributed by atoms with Gasteiger partial charge in [0.2, 0.25) is 0 Å². The molecule has 13 nitrogen and oxygen atoms in total. The van der Waals surface area contributed by atoms with Gasteiger partial charge in [-0.2, -0.15) is 0 Å². The Morgan fingerprint density at radius 2 is 1.42 bits per heavy atom. The molecule has 0 heterocycles. The Hall–Kier alpha value is -4.36. The molecule has 274 valence electrons. The molecule has 13 heteroatoms. The number of allylic oxidation sites excluding steroid dienone is 1. The van der Waals surface area contributed by atoms with Crippen molar-refractivity contribution >= 4 is 35.6 Å². The number of fused-ring (bicyclic) bond motifs is 1. The largest absolute Gasteiger partial charge is 0.459 e. The minimum Gasteiger partial charge on any atom is -0.459 e. The molecule has 1 aromatic carbocycles. The number of rotatable bonds is 7. The molecule has 9 unspecified atom stereocenters. The number of aliphatic hydroxyl groups excluding tert-OH is 1. The molecular weight excluding hydrogens is 652 g/mol. The van der Waals surface area contributed by atoms with E-state index >= 15 is 0 Å². The van der Waals surface area contributed by atoms with E-state index in [9.17, 15) is 39.0 Å². The Kier molecular flexibility index (Phi) is 12.2. The summed E-state index contributed by atoms with van der Waals surface area (Å²) in [6, 6.07) is 7.67. The van der Waals surface area contributed by atoms with Crippen LogP contribution in [0.25, 0.3) is 0 Å². The third-order valence-corrected chi connectivity index (χ3v) is 9.09. The van der Waals surface area contributed by atoms with Crippen molar-refractivity contribution in [2.45, 2.75) is 110 Å². The van der Waals surface area contributed by atoms with Gasteiger partial charge in [-0.15, -0.1) is 0 Å². The third-order valence-electron chi connectivity index (χ3n) is 9.09. The first-order valence-corrected chi connectivity index (χ1v) is 16.4. The molecule has 1 fully saturated rings. The van der Waals surface area contributed by atoms with Crippen LogP contribution in [0.4, 0.5) is 0 Å². The lowest BCUT2D eigenvalue weighted by Crippen LogP contribution is -2.57. The van der Waals surface area contributed by atoms with Crippen molar-refractivity contribution in [1.29, 1.82) is 0 Å². The topological polar surface area (TPSA) is 189 Å². The molecule has 2 aliphatic carbocycles. The predicted octanol–water partition coefficient (Wildman–Crippen LogP) is 3.43. The van der Waals surface area contributed by atoms with Gasteiger partial charge in [-0.3, -0.25) is 24.0 Å². The van der Waals surface area contributed by atoms with Crippen molar-refractivity contribution in [2.24, 2.45) is 23.2 Å². The lowest BCUT2D eigenvalue weighted by Gasteiger charge is -2.43. The number of benzene rings is 1. The number of ether oxygens (including phenoxy) is 5. The number of aliphatic hydroxyl groups is 2. The summed E-state index contributed by atoms with van der Waals surface area (Å²) in [5.74, 6) is -8.68. The molecule has 50 heavy (non-hydrogen) atoms. The zero-order valence-corrected chi connectivity index (χ0v) is 30.0. The molecule has 0 radical (unpaired) electrons. The summed E-state index contributed by atoms with van der Waals surface area (Å²) in [4.78, 5) is 78.9. The zero-order chi connectivity index (χ0) is 37.9. The molecule has 0 spiro atoms. The van der Waals surface area contributed by atoms with E-state index in [4.69, 9.17) is 23.7 Å². The number of Topliss-reactive ketones (excluding diaryl/α,β-unsaturated/α-hetero) is 1. The molecule has 9 atom stereocenters. The van der Waals surface area contributed by atoms with Gasteiger partial charge < -0.3 is 33.9 Å². The van der Waals surface area contributed by atoms with E-state index in [1.807, 2.05) is 0 Å². The van der Waals surface area contributed by atoms with Gasteiger partial charge in [0, 0.05) is 44.1 Å². The molecule has 0 aliphatic heterocycles. The van der Waals surface area contributed by atoms with Crippen LogP contribution in [-0.2, 0) is 47.7 Å². The summed E-state index contributed by atoms with van der Waals surface area (Å²) in [5.41, 5.74) is -5.95. The Morgan fingerprint density at radius 3 is 1.94 bits per heavy atom. The fourth-order valence-electron chi connectivity index (χ4n) is 6.74. The van der Waals surface area contributed by atoms with E-state index in [0.717, 1.165) is 20.8 Å². The first-order chi connectivity index (χ1) is 23.1. The van der Waals surface area contributed by atoms with E-state index in [-0.39, 0.29) is 11.1 Å². The monoisotopic (exact) mass is 700 g/mol. The van der Waals surface area contributed by atoms with E-state index < -0.39 is 107 Å². The fraction of sp³-hybridized carbons (Fsp3) is 0.568. The van der Waals surface area contributed by atoms with Crippen molar-refractivity contribution in [3.05, 3.63) is 60.2 Å². The maximum absolute atomic E-state index is 14.5. The van der Waals surface area contributed by atoms with Gasteiger partial charge >= 0.3 is 29.8 Å². The van der Waals surface area contributed by atoms with Crippen LogP contribution in [0.2, 0.25) is 0 Å². The van der Waals surface area contributed by atoms with Crippen LogP contribution in [0, 0.1) is 23.2 Å². The van der Waals surface area contributed by atoms with Crippen molar-refractivity contribution in [3.8, 4) is 0 Å². The van der Waals surface area contributed by atoms with Gasteiger partial charge in [-0.25, -0.2) is 4.79 Å². The molecule has 2 aliphatic rings. The van der Waals surface area contributed by atoms with Gasteiger partial charge in [0.05, 0.1) is 17.4 Å². The SMILES string of the molecule is C=C1C(OC(=O)C(C)C)C(O)C(OC(C)=O)C(C)(C)C=CC(C)C(=O)C2(O)CC(C)(OC(C)=O)C(OC(C)=O)C2C1OC(=O)c1ccccc1. The van der Waals surface area contributed by atoms with Crippen LogP contribution in [0.3, 0.4) is 0 Å². The standard InChI is InChI=1S/C37H48O13/c1-19(2)33(43)49-29-21(4)28(48-34(44)25-14-12-11-13-15-25)26-31(46-22(5)38)36(10,50-24(7)40)18-37(26,45)30(42)20(3)16-17-35(8,9)32(27(29)41)47-23(6)39/h11-17,19-20,26-29,31-32,41,45H,4,18H2,1-3,5-10H3. The van der Waals surface area contributed by atoms with E-state index in [0.29, 0.717) is 0 Å². The van der Waals surface area contributed by atoms with Crippen LogP contribution >= 0.6 is 0 Å². The quantitative estimate of drug-likeness (QED) is 0.239. The van der Waals surface area contributed by atoms with Crippen LogP contribution in [0.5, 0.6) is 0 Å². The predicted molar refractivity (Wildman–Crippen MR) is 177 cm³/mol. The fourth-order valence-corrected chi connectivity index (χ4v) is 6.74. The van der Waals surface area contributed by atoms with Crippen molar-refractivity contribution in [2.75, 3.05) is 0 Å². The van der Waals surface area contributed by atoms with Crippen molar-refractivity contribution < 1.29 is 62.7 Å². The number of carbonyl (C=O) groups is 6. The lowest BCUT2D eigenvalue weighted by molar-refractivity contribution is -0.185. The highest BCUT2D eigenvalue weighted by Crippen LogP contribution is 2.52. The van der Waals surface area contributed by atoms with Gasteiger partial charge in [0.25, 0.3) is 0 Å². The van der Waals surface area contributed by atoms with E-state index in [2.05, 4.69) is 6.58 Å². The van der Waals surface area contributed by atoms with E-state index in [1.165, 1.54) is 52.0 Å². The number of hydrogen-bond donors (Lipinski definition) is 2. The minimum absolute atomic E-state index is 0.0394. The zero-order valence-electron chi connectivity index (χ0n) is 30.0. The lowest BCUT2D eigenvalue weighted by atomic mass is 9.72. The third kappa shape index (κ3) is 8.50. The van der Waals surface area contributed by atoms with E-state index in [1.54, 1.807) is 32.0 Å². The van der Waals surface area contributed by atoms with Gasteiger partial charge in [0.1, 0.15) is 29.5 Å². The molecule has 0 aromatic heterocycles. The second kappa shape index (κ2) is 15.3. The average molecular weight is 701 g/mol. The average Bonchev–Trinajstić information content (AvgIpc) is 3.23. The summed E-state index contributed by atoms with van der Waals surface area (Å²) in [7, 11) is 0. The second-order valence-electron chi connectivity index (χ2n) is 14.2. The first kappa shape index (κ1) is 40.1. The molecular formula is C37H48O13. The first-order valence-electron chi connectivity index (χ1n) is 16.4. The normalized spacial score (nSPS) is 32.5. The summed E-state index contributed by atoms with van der Waals surface area (Å²) < 4.78 is 28.8. The maximum atomic E-state index is 14.5. The van der Waals surface area contributed by atoms with Crippen molar-refractivity contribution in [3.63, 3.8) is 0 Å². The number of carbonyl (C=O) groups excluding carboxylic acids is 6. The Bertz CT molecular complexity index is 1530. The Morgan fingerprint density at radius 1 is 0.860 bits per heavy atom. The summed E-state index contributed by atoms with van der Waals surface area (Å²) >= 11 is 0. The molecule has 0 amide bonds. The molecule has 0 bridgehead atoms. The molecule has 1 aromatic rings. The van der Waals surface area contributed by atoms with Crippen LogP contribution in [0.1, 0.15) is 79.1 Å².